The van der Waals surface area contributed by atoms with Gasteiger partial charge in [-0.3, -0.25) is 19.6 Å². The average molecular weight is 491 g/mol. The molecule has 0 heterocycles. The first-order valence-corrected chi connectivity index (χ1v) is 11.2. The summed E-state index contributed by atoms with van der Waals surface area (Å²) in [5.74, 6) is -2.53. The van der Waals surface area contributed by atoms with Gasteiger partial charge in [0.2, 0.25) is 0 Å². The van der Waals surface area contributed by atoms with Crippen LogP contribution in [0.3, 0.4) is 0 Å². The normalized spacial score (nSPS) is 12.0. The van der Waals surface area contributed by atoms with Crippen LogP contribution in [0.5, 0.6) is 5.75 Å². The predicted molar refractivity (Wildman–Crippen MR) is 119 cm³/mol. The zero-order chi connectivity index (χ0) is 25.0. The third kappa shape index (κ3) is 5.46. The van der Waals surface area contributed by atoms with E-state index in [0.29, 0.717) is 5.56 Å². The molecule has 1 atom stereocenters. The lowest BCUT2D eigenvalue weighted by Gasteiger charge is -2.15. The van der Waals surface area contributed by atoms with Crippen molar-refractivity contribution >= 4 is 27.3 Å². The number of nitro benzene ring substituents is 1. The SMILES string of the molecule is COc1ccc([N+](=O)[O-])cc1NS(=O)(=O)c1ccc(C(=O)NC(C)c2ccc(F)c(F)c2)cc1. The molecule has 2 N–H and O–H groups in total. The fraction of sp³-hybridized carbons (Fsp3) is 0.136. The molecule has 0 aromatic heterocycles. The number of hydrogen-bond acceptors (Lipinski definition) is 6. The minimum Gasteiger partial charge on any atom is -0.495 e. The molecule has 0 aliphatic rings. The molecule has 12 heteroatoms. The molecule has 3 aromatic carbocycles. The number of carbonyl (C=O) groups is 1. The molecule has 0 saturated heterocycles. The smallest absolute Gasteiger partial charge is 0.271 e. The molecule has 1 unspecified atom stereocenters. The Labute approximate surface area is 193 Å². The Balaban J connectivity index is 1.76. The Kier molecular flexibility index (Phi) is 7.11. The highest BCUT2D eigenvalue weighted by Gasteiger charge is 2.20. The molecule has 9 nitrogen and oxygen atoms in total. The molecule has 0 aliphatic heterocycles. The average Bonchev–Trinajstić information content (AvgIpc) is 2.80. The van der Waals surface area contributed by atoms with E-state index in [-0.39, 0.29) is 27.6 Å². The highest BCUT2D eigenvalue weighted by Crippen LogP contribution is 2.31. The summed E-state index contributed by atoms with van der Waals surface area (Å²) in [4.78, 5) is 22.6. The van der Waals surface area contributed by atoms with Crippen LogP contribution in [0.15, 0.2) is 65.6 Å². The molecule has 3 aromatic rings. The Bertz CT molecular complexity index is 1350. The maximum Gasteiger partial charge on any atom is 0.271 e. The minimum absolute atomic E-state index is 0.0800. The summed E-state index contributed by atoms with van der Waals surface area (Å²) in [7, 11) is -2.88. The van der Waals surface area contributed by atoms with Crippen molar-refractivity contribution in [3.05, 3.63) is 93.5 Å². The number of halogens is 2. The van der Waals surface area contributed by atoms with Crippen molar-refractivity contribution in [1.29, 1.82) is 0 Å². The van der Waals surface area contributed by atoms with Gasteiger partial charge in [0.1, 0.15) is 5.75 Å². The Hall–Kier alpha value is -4.06. The lowest BCUT2D eigenvalue weighted by Crippen LogP contribution is -2.26. The molecule has 1 amide bonds. The van der Waals surface area contributed by atoms with Gasteiger partial charge in [-0.15, -0.1) is 0 Å². The van der Waals surface area contributed by atoms with E-state index in [1.54, 1.807) is 6.92 Å². The van der Waals surface area contributed by atoms with Gasteiger partial charge in [0.05, 0.1) is 28.7 Å². The van der Waals surface area contributed by atoms with Crippen LogP contribution in [-0.4, -0.2) is 26.4 Å². The van der Waals surface area contributed by atoms with Crippen molar-refractivity contribution in [2.24, 2.45) is 0 Å². The second kappa shape index (κ2) is 9.83. The van der Waals surface area contributed by atoms with E-state index in [0.717, 1.165) is 18.2 Å². The maximum absolute atomic E-state index is 13.4. The van der Waals surface area contributed by atoms with Crippen molar-refractivity contribution in [2.45, 2.75) is 17.9 Å². The third-order valence-corrected chi connectivity index (χ3v) is 6.24. The molecular formula is C22H19F2N3O6S. The molecule has 0 fully saturated rings. The van der Waals surface area contributed by atoms with Crippen molar-refractivity contribution in [3.8, 4) is 5.75 Å². The number of ether oxygens (including phenoxy) is 1. The Morgan fingerprint density at radius 3 is 2.29 bits per heavy atom. The number of carbonyl (C=O) groups excluding carboxylic acids is 1. The highest BCUT2D eigenvalue weighted by molar-refractivity contribution is 7.92. The van der Waals surface area contributed by atoms with E-state index in [4.69, 9.17) is 4.74 Å². The van der Waals surface area contributed by atoms with Gasteiger partial charge in [0.15, 0.2) is 11.6 Å². The predicted octanol–water partition coefficient (Wildman–Crippen LogP) is 4.17. The van der Waals surface area contributed by atoms with Gasteiger partial charge in [0.25, 0.3) is 21.6 Å². The van der Waals surface area contributed by atoms with Crippen molar-refractivity contribution < 1.29 is 31.7 Å². The van der Waals surface area contributed by atoms with Crippen molar-refractivity contribution in [3.63, 3.8) is 0 Å². The summed E-state index contributed by atoms with van der Waals surface area (Å²) in [5, 5.41) is 13.6. The van der Waals surface area contributed by atoms with Crippen molar-refractivity contribution in [1.82, 2.24) is 5.32 Å². The lowest BCUT2D eigenvalue weighted by molar-refractivity contribution is -0.384. The summed E-state index contributed by atoms with van der Waals surface area (Å²) >= 11 is 0. The van der Waals surface area contributed by atoms with E-state index in [1.807, 2.05) is 0 Å². The number of rotatable bonds is 8. The number of benzene rings is 3. The largest absolute Gasteiger partial charge is 0.495 e. The maximum atomic E-state index is 13.4. The van der Waals surface area contributed by atoms with Crippen molar-refractivity contribution in [2.75, 3.05) is 11.8 Å². The standard InChI is InChI=1S/C22H19F2N3O6S/c1-13(15-5-9-18(23)19(24)11-15)25-22(28)14-3-7-17(8-4-14)34(31,32)26-20-12-16(27(29)30)6-10-21(20)33-2/h3-13,26H,1-2H3,(H,25,28). The van der Waals surface area contributed by atoms with Crippen LogP contribution in [-0.2, 0) is 10.0 Å². The second-order valence-electron chi connectivity index (χ2n) is 7.14. The minimum atomic E-state index is -4.17. The molecular weight excluding hydrogens is 472 g/mol. The van der Waals surface area contributed by atoms with Crippen LogP contribution in [0.2, 0.25) is 0 Å². The summed E-state index contributed by atoms with van der Waals surface area (Å²) in [6.07, 6.45) is 0. The number of hydrogen-bond donors (Lipinski definition) is 2. The number of methoxy groups -OCH3 is 1. The molecule has 3 rings (SSSR count). The first kappa shape index (κ1) is 24.6. The van der Waals surface area contributed by atoms with Gasteiger partial charge in [0, 0.05) is 17.7 Å². The number of anilines is 1. The van der Waals surface area contributed by atoms with Gasteiger partial charge in [-0.2, -0.15) is 0 Å². The number of amides is 1. The van der Waals surface area contributed by atoms with E-state index in [1.165, 1.54) is 49.6 Å². The molecule has 0 saturated carbocycles. The molecule has 178 valence electrons. The van der Waals surface area contributed by atoms with Gasteiger partial charge in [-0.1, -0.05) is 6.07 Å². The first-order valence-electron chi connectivity index (χ1n) is 9.73. The molecule has 0 aliphatic carbocycles. The van der Waals surface area contributed by atoms with Gasteiger partial charge < -0.3 is 10.1 Å². The summed E-state index contributed by atoms with van der Waals surface area (Å²) in [6, 6.07) is 11.0. The van der Waals surface area contributed by atoms with Gasteiger partial charge >= 0.3 is 0 Å². The molecule has 34 heavy (non-hydrogen) atoms. The van der Waals surface area contributed by atoms with Crippen LogP contribution in [0, 0.1) is 21.7 Å². The number of nitrogens with one attached hydrogen (secondary N) is 2. The van der Waals surface area contributed by atoms with Crippen LogP contribution in [0.1, 0.15) is 28.9 Å². The monoisotopic (exact) mass is 491 g/mol. The lowest BCUT2D eigenvalue weighted by atomic mass is 10.1. The zero-order valence-corrected chi connectivity index (χ0v) is 18.7. The summed E-state index contributed by atoms with van der Waals surface area (Å²) in [5.41, 5.74) is 0.0161. The molecule has 0 radical (unpaired) electrons. The summed E-state index contributed by atoms with van der Waals surface area (Å²) < 4.78 is 59.3. The van der Waals surface area contributed by atoms with E-state index in [9.17, 15) is 32.1 Å². The topological polar surface area (TPSA) is 128 Å². The number of non-ortho nitro benzene ring substituents is 1. The fourth-order valence-electron chi connectivity index (χ4n) is 3.02. The van der Waals surface area contributed by atoms with E-state index >= 15 is 0 Å². The Morgan fingerprint density at radius 1 is 1.03 bits per heavy atom. The zero-order valence-electron chi connectivity index (χ0n) is 17.9. The van der Waals surface area contributed by atoms with Crippen LogP contribution in [0.25, 0.3) is 0 Å². The number of nitro groups is 1. The second-order valence-corrected chi connectivity index (χ2v) is 8.82. The quantitative estimate of drug-likeness (QED) is 0.360. The first-order chi connectivity index (χ1) is 16.0. The van der Waals surface area contributed by atoms with Crippen LogP contribution in [0.4, 0.5) is 20.2 Å². The van der Waals surface area contributed by atoms with Gasteiger partial charge in [-0.05, 0) is 55.0 Å². The molecule has 0 bridgehead atoms. The number of sulfonamides is 1. The summed E-state index contributed by atoms with van der Waals surface area (Å²) in [6.45, 7) is 1.58. The van der Waals surface area contributed by atoms with E-state index in [2.05, 4.69) is 10.0 Å². The highest BCUT2D eigenvalue weighted by atomic mass is 32.2. The van der Waals surface area contributed by atoms with E-state index < -0.39 is 38.5 Å². The van der Waals surface area contributed by atoms with Crippen LogP contribution >= 0.6 is 0 Å². The molecule has 0 spiro atoms. The third-order valence-electron chi connectivity index (χ3n) is 4.86. The van der Waals surface area contributed by atoms with Crippen LogP contribution < -0.4 is 14.8 Å². The fourth-order valence-corrected chi connectivity index (χ4v) is 4.08. The number of nitrogens with zero attached hydrogens (tertiary/aromatic N) is 1. The van der Waals surface area contributed by atoms with Gasteiger partial charge in [-0.25, -0.2) is 17.2 Å². The Morgan fingerprint density at radius 2 is 1.71 bits per heavy atom.